The fourth-order valence-electron chi connectivity index (χ4n) is 2.11. The SMILES string of the molecule is COc1ccc(C2COc3cc(OB(O)O)ccc3O2)cn1. The zero-order valence-electron chi connectivity index (χ0n) is 11.8. The standard InChI is InChI=1S/C14H14BNO6/c1-19-14-5-2-9(7-16-14)13-8-20-12-6-10(22-15(17)18)3-4-11(12)21-13/h2-7,13,17-18H,8H2,1H3. The Hall–Kier alpha value is -2.45. The van der Waals surface area contributed by atoms with Crippen LogP contribution < -0.4 is 18.9 Å². The van der Waals surface area contributed by atoms with Crippen LogP contribution in [0.1, 0.15) is 11.7 Å². The zero-order chi connectivity index (χ0) is 15.5. The maximum Gasteiger partial charge on any atom is 0.707 e. The van der Waals surface area contributed by atoms with E-state index in [1.54, 1.807) is 31.5 Å². The molecule has 0 bridgehead atoms. The third-order valence-electron chi connectivity index (χ3n) is 3.16. The average Bonchev–Trinajstić information content (AvgIpc) is 2.54. The molecular weight excluding hydrogens is 289 g/mol. The van der Waals surface area contributed by atoms with Crippen LogP contribution in [-0.4, -0.2) is 36.1 Å². The minimum atomic E-state index is -1.87. The van der Waals surface area contributed by atoms with Crippen molar-refractivity contribution >= 4 is 7.32 Å². The highest BCUT2D eigenvalue weighted by molar-refractivity contribution is 6.33. The zero-order valence-corrected chi connectivity index (χ0v) is 11.8. The normalized spacial score (nSPS) is 16.0. The number of rotatable bonds is 4. The first-order valence-corrected chi connectivity index (χ1v) is 6.62. The van der Waals surface area contributed by atoms with Gasteiger partial charge in [-0.1, -0.05) is 0 Å². The molecule has 0 fully saturated rings. The van der Waals surface area contributed by atoms with E-state index >= 15 is 0 Å². The number of benzene rings is 1. The molecule has 1 aliphatic rings. The fourth-order valence-corrected chi connectivity index (χ4v) is 2.11. The summed E-state index contributed by atoms with van der Waals surface area (Å²) in [6.07, 6.45) is 1.40. The maximum absolute atomic E-state index is 8.79. The Morgan fingerprint density at radius 3 is 2.77 bits per heavy atom. The number of fused-ring (bicyclic) bond motifs is 1. The molecule has 1 aliphatic heterocycles. The number of hydrogen-bond acceptors (Lipinski definition) is 7. The van der Waals surface area contributed by atoms with Crippen LogP contribution in [0.4, 0.5) is 0 Å². The van der Waals surface area contributed by atoms with Crippen LogP contribution >= 0.6 is 0 Å². The van der Waals surface area contributed by atoms with E-state index in [1.807, 2.05) is 6.07 Å². The second-order valence-electron chi connectivity index (χ2n) is 4.60. The van der Waals surface area contributed by atoms with Crippen molar-refractivity contribution in [1.82, 2.24) is 4.98 Å². The van der Waals surface area contributed by atoms with Crippen LogP contribution in [0.15, 0.2) is 36.5 Å². The maximum atomic E-state index is 8.79. The van der Waals surface area contributed by atoms with Crippen LogP contribution in [0.25, 0.3) is 0 Å². The highest BCUT2D eigenvalue weighted by Crippen LogP contribution is 2.38. The van der Waals surface area contributed by atoms with Crippen molar-refractivity contribution in [3.05, 3.63) is 42.1 Å². The summed E-state index contributed by atoms with van der Waals surface area (Å²) in [7, 11) is -0.317. The molecule has 114 valence electrons. The second-order valence-corrected chi connectivity index (χ2v) is 4.60. The van der Waals surface area contributed by atoms with Crippen molar-refractivity contribution in [2.75, 3.05) is 13.7 Å². The Morgan fingerprint density at radius 2 is 2.09 bits per heavy atom. The van der Waals surface area contributed by atoms with E-state index in [0.717, 1.165) is 5.56 Å². The molecule has 2 N–H and O–H groups in total. The van der Waals surface area contributed by atoms with Gasteiger partial charge >= 0.3 is 7.32 Å². The second kappa shape index (κ2) is 6.12. The minimum absolute atomic E-state index is 0.277. The van der Waals surface area contributed by atoms with Crippen LogP contribution in [0, 0.1) is 0 Å². The molecule has 1 aromatic heterocycles. The Bertz CT molecular complexity index is 648. The third kappa shape index (κ3) is 3.08. The summed E-state index contributed by atoms with van der Waals surface area (Å²) in [5.41, 5.74) is 0.873. The third-order valence-corrected chi connectivity index (χ3v) is 3.16. The summed E-state index contributed by atoms with van der Waals surface area (Å²) in [4.78, 5) is 4.14. The molecule has 2 heterocycles. The molecule has 0 spiro atoms. The Kier molecular flexibility index (Phi) is 4.03. The van der Waals surface area contributed by atoms with Gasteiger partial charge in [0.25, 0.3) is 0 Å². The summed E-state index contributed by atoms with van der Waals surface area (Å²) < 4.78 is 21.3. The van der Waals surface area contributed by atoms with Crippen LogP contribution in [0.2, 0.25) is 0 Å². The number of methoxy groups -OCH3 is 1. The van der Waals surface area contributed by atoms with E-state index in [9.17, 15) is 0 Å². The van der Waals surface area contributed by atoms with Gasteiger partial charge in [-0.25, -0.2) is 4.98 Å². The lowest BCUT2D eigenvalue weighted by molar-refractivity contribution is 0.0906. The molecule has 0 amide bonds. The van der Waals surface area contributed by atoms with Gasteiger partial charge < -0.3 is 28.9 Å². The van der Waals surface area contributed by atoms with Crippen molar-refractivity contribution in [1.29, 1.82) is 0 Å². The van der Waals surface area contributed by atoms with E-state index in [1.165, 1.54) is 6.07 Å². The van der Waals surface area contributed by atoms with E-state index in [2.05, 4.69) is 4.98 Å². The molecule has 7 nitrogen and oxygen atoms in total. The molecule has 3 rings (SSSR count). The molecule has 0 saturated carbocycles. The molecule has 0 radical (unpaired) electrons. The molecular formula is C14H14BNO6. The largest absolute Gasteiger partial charge is 0.707 e. The molecule has 1 unspecified atom stereocenters. The number of hydrogen-bond donors (Lipinski definition) is 2. The fraction of sp³-hybridized carbons (Fsp3) is 0.214. The monoisotopic (exact) mass is 303 g/mol. The summed E-state index contributed by atoms with van der Waals surface area (Å²) in [6.45, 7) is 0.312. The van der Waals surface area contributed by atoms with E-state index in [4.69, 9.17) is 28.9 Å². The quantitative estimate of drug-likeness (QED) is 0.813. The molecule has 1 atom stereocenters. The van der Waals surface area contributed by atoms with Crippen molar-refractivity contribution in [3.8, 4) is 23.1 Å². The van der Waals surface area contributed by atoms with Crippen molar-refractivity contribution in [2.24, 2.45) is 0 Å². The molecule has 22 heavy (non-hydrogen) atoms. The van der Waals surface area contributed by atoms with Gasteiger partial charge in [-0.05, 0) is 18.2 Å². The summed E-state index contributed by atoms with van der Waals surface area (Å²) in [5, 5.41) is 17.6. The highest BCUT2D eigenvalue weighted by atomic mass is 16.6. The average molecular weight is 303 g/mol. The van der Waals surface area contributed by atoms with Crippen molar-refractivity contribution in [2.45, 2.75) is 6.10 Å². The number of nitrogens with zero attached hydrogens (tertiary/aromatic N) is 1. The van der Waals surface area contributed by atoms with E-state index in [0.29, 0.717) is 24.0 Å². The van der Waals surface area contributed by atoms with Gasteiger partial charge in [-0.3, -0.25) is 0 Å². The number of aromatic nitrogens is 1. The van der Waals surface area contributed by atoms with E-state index in [-0.39, 0.29) is 11.9 Å². The lowest BCUT2D eigenvalue weighted by Crippen LogP contribution is -2.23. The Balaban J connectivity index is 1.75. The van der Waals surface area contributed by atoms with Crippen molar-refractivity contribution in [3.63, 3.8) is 0 Å². The van der Waals surface area contributed by atoms with Gasteiger partial charge in [-0.2, -0.15) is 0 Å². The van der Waals surface area contributed by atoms with Crippen LogP contribution in [0.3, 0.4) is 0 Å². The summed E-state index contributed by atoms with van der Waals surface area (Å²) in [6, 6.07) is 8.38. The van der Waals surface area contributed by atoms with Gasteiger partial charge in [0, 0.05) is 23.9 Å². The van der Waals surface area contributed by atoms with Crippen molar-refractivity contribution < 1.29 is 28.9 Å². The minimum Gasteiger partial charge on any atom is -0.512 e. The van der Waals surface area contributed by atoms with Gasteiger partial charge in [0.15, 0.2) is 17.6 Å². The lowest BCUT2D eigenvalue weighted by Gasteiger charge is -2.27. The van der Waals surface area contributed by atoms with Gasteiger partial charge in [0.1, 0.15) is 12.4 Å². The topological polar surface area (TPSA) is 90.3 Å². The molecule has 8 heteroatoms. The molecule has 0 aliphatic carbocycles. The Morgan fingerprint density at radius 1 is 1.23 bits per heavy atom. The smallest absolute Gasteiger partial charge is 0.512 e. The Labute approximate surface area is 127 Å². The summed E-state index contributed by atoms with van der Waals surface area (Å²) in [5.74, 6) is 1.84. The molecule has 2 aromatic rings. The number of pyridine rings is 1. The molecule has 1 aromatic carbocycles. The lowest BCUT2D eigenvalue weighted by atomic mass is 10.1. The van der Waals surface area contributed by atoms with Gasteiger partial charge in [0.2, 0.25) is 5.88 Å². The first-order valence-electron chi connectivity index (χ1n) is 6.62. The first-order chi connectivity index (χ1) is 10.7. The van der Waals surface area contributed by atoms with Gasteiger partial charge in [0.05, 0.1) is 7.11 Å². The van der Waals surface area contributed by atoms with Gasteiger partial charge in [-0.15, -0.1) is 0 Å². The first kappa shape index (κ1) is 14.5. The summed E-state index contributed by atoms with van der Waals surface area (Å²) >= 11 is 0. The van der Waals surface area contributed by atoms with Crippen LogP contribution in [0.5, 0.6) is 23.1 Å². The predicted molar refractivity (Wildman–Crippen MR) is 76.9 cm³/mol. The molecule has 0 saturated heterocycles. The highest BCUT2D eigenvalue weighted by Gasteiger charge is 2.24. The number of ether oxygens (including phenoxy) is 3. The van der Waals surface area contributed by atoms with Crippen LogP contribution in [-0.2, 0) is 0 Å². The van der Waals surface area contributed by atoms with E-state index < -0.39 is 7.32 Å². The predicted octanol–water partition coefficient (Wildman–Crippen LogP) is 0.951.